The second kappa shape index (κ2) is 5.84. The first-order valence-corrected chi connectivity index (χ1v) is 6.80. The second-order valence-electron chi connectivity index (χ2n) is 4.67. The summed E-state index contributed by atoms with van der Waals surface area (Å²) in [5.41, 5.74) is 1.18. The van der Waals surface area contributed by atoms with Crippen molar-refractivity contribution < 1.29 is 5.11 Å². The van der Waals surface area contributed by atoms with E-state index >= 15 is 0 Å². The van der Waals surface area contributed by atoms with Gasteiger partial charge in [-0.1, -0.05) is 18.2 Å². The van der Waals surface area contributed by atoms with Crippen LogP contribution < -0.4 is 5.69 Å². The van der Waals surface area contributed by atoms with Gasteiger partial charge in [-0.05, 0) is 31.4 Å². The monoisotopic (exact) mass is 285 g/mol. The number of unbranched alkanes of at least 4 members (excludes halogenated alkanes) is 1. The molecule has 108 valence electrons. The molecule has 21 heavy (non-hydrogen) atoms. The Morgan fingerprint density at radius 2 is 1.95 bits per heavy atom. The van der Waals surface area contributed by atoms with Gasteiger partial charge in [0.05, 0.1) is 17.6 Å². The van der Waals surface area contributed by atoms with Crippen LogP contribution >= 0.6 is 0 Å². The van der Waals surface area contributed by atoms with Crippen LogP contribution in [0.25, 0.3) is 11.5 Å². The van der Waals surface area contributed by atoms with Gasteiger partial charge in [-0.3, -0.25) is 0 Å². The fraction of sp³-hybridized carbons (Fsp3) is 0.286. The zero-order valence-electron chi connectivity index (χ0n) is 11.4. The molecule has 0 saturated carbocycles. The van der Waals surface area contributed by atoms with Crippen LogP contribution in [0.1, 0.15) is 18.5 Å². The van der Waals surface area contributed by atoms with Crippen LogP contribution in [0.2, 0.25) is 0 Å². The Labute approximate surface area is 120 Å². The number of para-hydroxylation sites is 1. The third-order valence-corrected chi connectivity index (χ3v) is 3.23. The molecule has 0 unspecified atom stereocenters. The number of hydrogen-bond donors (Lipinski definition) is 1. The largest absolute Gasteiger partial charge is 0.396 e. The van der Waals surface area contributed by atoms with E-state index in [1.54, 1.807) is 10.7 Å². The van der Waals surface area contributed by atoms with Crippen LogP contribution in [0.3, 0.4) is 0 Å². The van der Waals surface area contributed by atoms with Crippen LogP contribution in [0.4, 0.5) is 0 Å². The third-order valence-electron chi connectivity index (χ3n) is 3.23. The van der Waals surface area contributed by atoms with Crippen molar-refractivity contribution in [2.75, 3.05) is 6.61 Å². The van der Waals surface area contributed by atoms with E-state index in [2.05, 4.69) is 15.2 Å². The fourth-order valence-corrected chi connectivity index (χ4v) is 2.26. The Balaban J connectivity index is 2.15. The van der Waals surface area contributed by atoms with Crippen LogP contribution in [0.5, 0.6) is 0 Å². The number of fused-ring (bicyclic) bond motifs is 1. The summed E-state index contributed by atoms with van der Waals surface area (Å²) < 4.78 is 3.17. The predicted molar refractivity (Wildman–Crippen MR) is 76.4 cm³/mol. The van der Waals surface area contributed by atoms with Crippen molar-refractivity contribution in [2.45, 2.75) is 19.3 Å². The standard InChI is InChI=1S/C14H15N5O2/c20-9-5-4-8-12-10-15-17-13-16-14(21)19(18(12)13)11-6-2-1-3-7-11/h1-3,6-7,10,20H,4-5,8-9H2. The van der Waals surface area contributed by atoms with E-state index < -0.39 is 0 Å². The molecule has 2 heterocycles. The van der Waals surface area contributed by atoms with Crippen molar-refractivity contribution in [1.29, 1.82) is 0 Å². The number of aryl methyl sites for hydroxylation is 1. The molecule has 0 bridgehead atoms. The Bertz CT molecular complexity index is 794. The van der Waals surface area contributed by atoms with Crippen LogP contribution in [-0.2, 0) is 6.42 Å². The summed E-state index contributed by atoms with van der Waals surface area (Å²) >= 11 is 0. The van der Waals surface area contributed by atoms with E-state index in [1.165, 1.54) is 4.68 Å². The molecule has 1 N–H and O–H groups in total. The summed E-state index contributed by atoms with van der Waals surface area (Å²) in [6.45, 7) is 0.150. The lowest BCUT2D eigenvalue weighted by Crippen LogP contribution is -2.20. The number of aliphatic hydroxyl groups is 1. The number of aromatic nitrogens is 5. The van der Waals surface area contributed by atoms with Gasteiger partial charge >= 0.3 is 5.69 Å². The molecule has 3 aromatic rings. The first-order valence-electron chi connectivity index (χ1n) is 6.80. The van der Waals surface area contributed by atoms with Gasteiger partial charge in [-0.25, -0.2) is 9.31 Å². The lowest BCUT2D eigenvalue weighted by atomic mass is 10.2. The maximum atomic E-state index is 12.1. The molecule has 2 aromatic heterocycles. The van der Waals surface area contributed by atoms with Gasteiger partial charge < -0.3 is 5.11 Å². The van der Waals surface area contributed by atoms with Gasteiger partial charge in [0.1, 0.15) is 0 Å². The summed E-state index contributed by atoms with van der Waals surface area (Å²) in [5, 5.41) is 16.7. The molecule has 0 radical (unpaired) electrons. The Hall–Kier alpha value is -2.54. The maximum absolute atomic E-state index is 12.1. The van der Waals surface area contributed by atoms with Crippen molar-refractivity contribution >= 4 is 5.78 Å². The molecule has 0 saturated heterocycles. The quantitative estimate of drug-likeness (QED) is 0.693. The van der Waals surface area contributed by atoms with Gasteiger partial charge in [0, 0.05) is 6.61 Å². The molecule has 0 amide bonds. The highest BCUT2D eigenvalue weighted by atomic mass is 16.2. The van der Waals surface area contributed by atoms with Gasteiger partial charge in [-0.2, -0.15) is 14.8 Å². The zero-order valence-corrected chi connectivity index (χ0v) is 11.4. The highest BCUT2D eigenvalue weighted by molar-refractivity contribution is 5.34. The van der Waals surface area contributed by atoms with Crippen LogP contribution in [-0.4, -0.2) is 36.1 Å². The number of hydrogen-bond acceptors (Lipinski definition) is 5. The highest BCUT2D eigenvalue weighted by Gasteiger charge is 2.13. The second-order valence-corrected chi connectivity index (χ2v) is 4.67. The van der Waals surface area contributed by atoms with Crippen molar-refractivity contribution in [3.05, 3.63) is 52.7 Å². The number of benzene rings is 1. The SMILES string of the molecule is O=c1nc2nncc(CCCCO)n2n1-c1ccccc1. The smallest absolute Gasteiger partial charge is 0.370 e. The Morgan fingerprint density at radius 3 is 2.71 bits per heavy atom. The summed E-state index contributed by atoms with van der Waals surface area (Å²) in [7, 11) is 0. The molecular weight excluding hydrogens is 270 g/mol. The third kappa shape index (κ3) is 2.55. The van der Waals surface area contributed by atoms with Crippen LogP contribution in [0.15, 0.2) is 41.3 Å². The molecule has 0 aliphatic heterocycles. The molecule has 7 nitrogen and oxygen atoms in total. The lowest BCUT2D eigenvalue weighted by molar-refractivity contribution is 0.284. The van der Waals surface area contributed by atoms with Gasteiger partial charge in [0.25, 0.3) is 5.78 Å². The number of nitrogens with zero attached hydrogens (tertiary/aromatic N) is 5. The average Bonchev–Trinajstić information content (AvgIpc) is 2.85. The van der Waals surface area contributed by atoms with E-state index in [9.17, 15) is 4.79 Å². The first-order chi connectivity index (χ1) is 10.3. The fourth-order valence-electron chi connectivity index (χ4n) is 2.26. The molecule has 0 fully saturated rings. The van der Waals surface area contributed by atoms with Crippen molar-refractivity contribution in [2.24, 2.45) is 0 Å². The molecule has 0 spiro atoms. The molecule has 0 aliphatic rings. The summed E-state index contributed by atoms with van der Waals surface area (Å²) in [4.78, 5) is 16.1. The predicted octanol–water partition coefficient (Wildman–Crippen LogP) is 0.590. The Kier molecular flexibility index (Phi) is 3.74. The van der Waals surface area contributed by atoms with E-state index in [0.29, 0.717) is 12.8 Å². The highest BCUT2D eigenvalue weighted by Crippen LogP contribution is 2.09. The number of rotatable bonds is 5. The van der Waals surface area contributed by atoms with Crippen molar-refractivity contribution in [3.63, 3.8) is 0 Å². The van der Waals surface area contributed by atoms with E-state index in [0.717, 1.165) is 17.8 Å². The minimum absolute atomic E-state index is 0.150. The van der Waals surface area contributed by atoms with Crippen molar-refractivity contribution in [3.8, 4) is 5.69 Å². The lowest BCUT2D eigenvalue weighted by Gasteiger charge is -2.09. The van der Waals surface area contributed by atoms with Gasteiger partial charge in [0.2, 0.25) is 0 Å². The molecular formula is C14H15N5O2. The van der Waals surface area contributed by atoms with E-state index in [4.69, 9.17) is 5.11 Å². The topological polar surface area (TPSA) is 85.3 Å². The van der Waals surface area contributed by atoms with Gasteiger partial charge in [-0.15, -0.1) is 5.10 Å². The molecule has 0 atom stereocenters. The molecule has 1 aromatic carbocycles. The minimum atomic E-state index is -0.384. The van der Waals surface area contributed by atoms with Gasteiger partial charge in [0.15, 0.2) is 0 Å². The average molecular weight is 285 g/mol. The molecule has 0 aliphatic carbocycles. The summed E-state index contributed by atoms with van der Waals surface area (Å²) in [6.07, 6.45) is 3.83. The molecule has 7 heteroatoms. The summed E-state index contributed by atoms with van der Waals surface area (Å²) in [5.74, 6) is 0.283. The van der Waals surface area contributed by atoms with Crippen LogP contribution in [0, 0.1) is 0 Å². The van der Waals surface area contributed by atoms with E-state index in [-0.39, 0.29) is 18.1 Å². The maximum Gasteiger partial charge on any atom is 0.370 e. The normalized spacial score (nSPS) is 11.1. The minimum Gasteiger partial charge on any atom is -0.396 e. The Morgan fingerprint density at radius 1 is 1.14 bits per heavy atom. The molecule has 3 rings (SSSR count). The first kappa shape index (κ1) is 13.4. The summed E-state index contributed by atoms with van der Waals surface area (Å²) in [6, 6.07) is 9.29. The zero-order chi connectivity index (χ0) is 14.7. The number of aliphatic hydroxyl groups excluding tert-OH is 1. The van der Waals surface area contributed by atoms with E-state index in [1.807, 2.05) is 30.3 Å². The van der Waals surface area contributed by atoms with Crippen molar-refractivity contribution in [1.82, 2.24) is 24.4 Å².